The Balaban J connectivity index is 2.12. The van der Waals surface area contributed by atoms with Crippen molar-refractivity contribution < 1.29 is 9.47 Å². The Morgan fingerprint density at radius 3 is 3.07 bits per heavy atom. The molecule has 0 aromatic carbocycles. The normalized spacial score (nSPS) is 17.9. The molecule has 2 rings (SSSR count). The molecule has 1 aromatic heterocycles. The average molecular weight is 225 g/mol. The molecular weight excluding hydrogens is 210 g/mol. The molecule has 4 heteroatoms. The van der Waals surface area contributed by atoms with E-state index in [1.807, 2.05) is 11.4 Å². The molecule has 82 valence electrons. The molecule has 0 radical (unpaired) electrons. The van der Waals surface area contributed by atoms with Gasteiger partial charge < -0.3 is 15.2 Å². The smallest absolute Gasteiger partial charge is 0.129 e. The fourth-order valence-corrected chi connectivity index (χ4v) is 2.40. The SMILES string of the molecule is COc1csc(C(N)C2=CCCCO2)c1. The van der Waals surface area contributed by atoms with Gasteiger partial charge in [-0.15, -0.1) is 11.3 Å². The van der Waals surface area contributed by atoms with Crippen LogP contribution in [0.3, 0.4) is 0 Å². The summed E-state index contributed by atoms with van der Waals surface area (Å²) in [5.74, 6) is 1.76. The van der Waals surface area contributed by atoms with Crippen molar-refractivity contribution in [3.63, 3.8) is 0 Å². The molecule has 0 spiro atoms. The van der Waals surface area contributed by atoms with Gasteiger partial charge in [-0.3, -0.25) is 0 Å². The summed E-state index contributed by atoms with van der Waals surface area (Å²) in [6.45, 7) is 0.780. The Bertz CT molecular complexity index is 359. The van der Waals surface area contributed by atoms with Crippen molar-refractivity contribution in [3.05, 3.63) is 28.2 Å². The number of thiophene rings is 1. The molecule has 2 heterocycles. The van der Waals surface area contributed by atoms with Crippen molar-refractivity contribution in [2.24, 2.45) is 5.73 Å². The summed E-state index contributed by atoms with van der Waals surface area (Å²) in [5.41, 5.74) is 6.10. The predicted molar refractivity (Wildman–Crippen MR) is 61.1 cm³/mol. The van der Waals surface area contributed by atoms with E-state index in [0.29, 0.717) is 0 Å². The first-order valence-corrected chi connectivity index (χ1v) is 5.90. The highest BCUT2D eigenvalue weighted by Crippen LogP contribution is 2.31. The molecule has 1 atom stereocenters. The number of hydrogen-bond acceptors (Lipinski definition) is 4. The zero-order chi connectivity index (χ0) is 10.7. The van der Waals surface area contributed by atoms with E-state index in [1.165, 1.54) is 0 Å². The van der Waals surface area contributed by atoms with Gasteiger partial charge in [-0.1, -0.05) is 0 Å². The van der Waals surface area contributed by atoms with E-state index in [0.717, 1.165) is 35.8 Å². The first-order chi connectivity index (χ1) is 7.31. The lowest BCUT2D eigenvalue weighted by Gasteiger charge is -2.19. The van der Waals surface area contributed by atoms with Crippen LogP contribution in [0.5, 0.6) is 5.75 Å². The quantitative estimate of drug-likeness (QED) is 0.859. The van der Waals surface area contributed by atoms with Gasteiger partial charge in [0.1, 0.15) is 11.5 Å². The molecule has 0 saturated heterocycles. The Labute approximate surface area is 93.5 Å². The monoisotopic (exact) mass is 225 g/mol. The minimum absolute atomic E-state index is 0.140. The van der Waals surface area contributed by atoms with E-state index in [-0.39, 0.29) is 6.04 Å². The van der Waals surface area contributed by atoms with Gasteiger partial charge in [0, 0.05) is 10.3 Å². The van der Waals surface area contributed by atoms with Gasteiger partial charge in [-0.25, -0.2) is 0 Å². The van der Waals surface area contributed by atoms with Crippen LogP contribution in [0.15, 0.2) is 23.3 Å². The standard InChI is InChI=1S/C11H15NO2S/c1-13-8-6-10(15-7-8)11(12)9-4-2-3-5-14-9/h4,6-7,11H,2-3,5,12H2,1H3. The summed E-state index contributed by atoms with van der Waals surface area (Å²) in [4.78, 5) is 1.08. The Morgan fingerprint density at radius 1 is 1.60 bits per heavy atom. The van der Waals surface area contributed by atoms with Gasteiger partial charge >= 0.3 is 0 Å². The first-order valence-electron chi connectivity index (χ1n) is 5.02. The van der Waals surface area contributed by atoms with Crippen molar-refractivity contribution in [2.75, 3.05) is 13.7 Å². The average Bonchev–Trinajstić information content (AvgIpc) is 2.78. The summed E-state index contributed by atoms with van der Waals surface area (Å²) in [5, 5.41) is 1.96. The minimum Gasteiger partial charge on any atom is -0.496 e. The van der Waals surface area contributed by atoms with Crippen molar-refractivity contribution in [1.29, 1.82) is 0 Å². The molecule has 0 fully saturated rings. The predicted octanol–water partition coefficient (Wildman–Crippen LogP) is 2.45. The molecule has 3 nitrogen and oxygen atoms in total. The minimum atomic E-state index is -0.140. The second-order valence-electron chi connectivity index (χ2n) is 3.46. The van der Waals surface area contributed by atoms with Crippen molar-refractivity contribution in [1.82, 2.24) is 0 Å². The molecular formula is C11H15NO2S. The number of rotatable bonds is 3. The van der Waals surface area contributed by atoms with Crippen molar-refractivity contribution in [3.8, 4) is 5.75 Å². The van der Waals surface area contributed by atoms with Crippen LogP contribution >= 0.6 is 11.3 Å². The number of allylic oxidation sites excluding steroid dienone is 1. The van der Waals surface area contributed by atoms with E-state index in [2.05, 4.69) is 6.08 Å². The topological polar surface area (TPSA) is 44.5 Å². The Morgan fingerprint density at radius 2 is 2.47 bits per heavy atom. The van der Waals surface area contributed by atoms with Crippen LogP contribution in [0.2, 0.25) is 0 Å². The maximum atomic E-state index is 6.10. The highest BCUT2D eigenvalue weighted by Gasteiger charge is 2.17. The van der Waals surface area contributed by atoms with Crippen LogP contribution in [-0.4, -0.2) is 13.7 Å². The van der Waals surface area contributed by atoms with Gasteiger partial charge in [0.25, 0.3) is 0 Å². The first kappa shape index (κ1) is 10.5. The summed E-state index contributed by atoms with van der Waals surface area (Å²) < 4.78 is 10.7. The van der Waals surface area contributed by atoms with Gasteiger partial charge in [0.15, 0.2) is 0 Å². The fourth-order valence-electron chi connectivity index (χ4n) is 1.54. The third-order valence-corrected chi connectivity index (χ3v) is 3.40. The van der Waals surface area contributed by atoms with Crippen LogP contribution in [0.4, 0.5) is 0 Å². The van der Waals surface area contributed by atoms with E-state index in [1.54, 1.807) is 18.4 Å². The molecule has 1 unspecified atom stereocenters. The molecule has 0 amide bonds. The second kappa shape index (κ2) is 4.68. The molecule has 2 N–H and O–H groups in total. The lowest BCUT2D eigenvalue weighted by atomic mass is 10.1. The molecule has 1 aromatic rings. The van der Waals surface area contributed by atoms with Gasteiger partial charge in [-0.2, -0.15) is 0 Å². The Kier molecular flexibility index (Phi) is 3.28. The molecule has 0 bridgehead atoms. The van der Waals surface area contributed by atoms with Crippen LogP contribution in [0.1, 0.15) is 23.8 Å². The van der Waals surface area contributed by atoms with Crippen LogP contribution < -0.4 is 10.5 Å². The lowest BCUT2D eigenvalue weighted by molar-refractivity contribution is 0.176. The van der Waals surface area contributed by atoms with Gasteiger partial charge in [-0.05, 0) is 25.0 Å². The Hall–Kier alpha value is -1.00. The molecule has 0 saturated carbocycles. The maximum Gasteiger partial charge on any atom is 0.129 e. The highest BCUT2D eigenvalue weighted by molar-refractivity contribution is 7.10. The number of ether oxygens (including phenoxy) is 2. The summed E-state index contributed by atoms with van der Waals surface area (Å²) >= 11 is 1.61. The fraction of sp³-hybridized carbons (Fsp3) is 0.455. The third-order valence-electron chi connectivity index (χ3n) is 2.41. The zero-order valence-electron chi connectivity index (χ0n) is 8.73. The molecule has 0 aliphatic carbocycles. The van der Waals surface area contributed by atoms with Crippen molar-refractivity contribution in [2.45, 2.75) is 18.9 Å². The maximum absolute atomic E-state index is 6.10. The van der Waals surface area contributed by atoms with E-state index in [9.17, 15) is 0 Å². The van der Waals surface area contributed by atoms with E-state index >= 15 is 0 Å². The largest absolute Gasteiger partial charge is 0.496 e. The highest BCUT2D eigenvalue weighted by atomic mass is 32.1. The molecule has 1 aliphatic rings. The summed E-state index contributed by atoms with van der Waals surface area (Å²) in [6.07, 6.45) is 4.23. The van der Waals surface area contributed by atoms with Crippen LogP contribution in [0.25, 0.3) is 0 Å². The second-order valence-corrected chi connectivity index (χ2v) is 4.41. The molecule has 15 heavy (non-hydrogen) atoms. The zero-order valence-corrected chi connectivity index (χ0v) is 9.55. The number of nitrogens with two attached hydrogens (primary N) is 1. The van der Waals surface area contributed by atoms with Crippen LogP contribution in [0, 0.1) is 0 Å². The summed E-state index contributed by atoms with van der Waals surface area (Å²) in [7, 11) is 1.66. The third kappa shape index (κ3) is 2.33. The van der Waals surface area contributed by atoms with Gasteiger partial charge in [0.05, 0.1) is 19.8 Å². The summed E-state index contributed by atoms with van der Waals surface area (Å²) in [6, 6.07) is 1.83. The lowest BCUT2D eigenvalue weighted by Crippen LogP contribution is -2.16. The number of hydrogen-bond donors (Lipinski definition) is 1. The van der Waals surface area contributed by atoms with Gasteiger partial charge in [0.2, 0.25) is 0 Å². The van der Waals surface area contributed by atoms with Crippen molar-refractivity contribution >= 4 is 11.3 Å². The molecule has 1 aliphatic heterocycles. The number of methoxy groups -OCH3 is 1. The van der Waals surface area contributed by atoms with Crippen LogP contribution in [-0.2, 0) is 4.74 Å². The van der Waals surface area contributed by atoms with E-state index < -0.39 is 0 Å². The van der Waals surface area contributed by atoms with E-state index in [4.69, 9.17) is 15.2 Å².